The first kappa shape index (κ1) is 24.2. The molecule has 0 aliphatic rings. The maximum Gasteiger partial charge on any atom is 0.243 e. The Morgan fingerprint density at radius 2 is 1.48 bits per heavy atom. The number of aryl methyl sites for hydroxylation is 1. The first-order valence-electron chi connectivity index (χ1n) is 11.8. The van der Waals surface area contributed by atoms with E-state index < -0.39 is 6.04 Å². The number of nitrogens with zero attached hydrogens (tertiary/aromatic N) is 1. The van der Waals surface area contributed by atoms with Crippen LogP contribution in [0.25, 0.3) is 0 Å². The van der Waals surface area contributed by atoms with E-state index >= 15 is 0 Å². The molecule has 0 aliphatic heterocycles. The highest BCUT2D eigenvalue weighted by Crippen LogP contribution is 2.17. The molecule has 4 heteroatoms. The van der Waals surface area contributed by atoms with E-state index in [9.17, 15) is 9.59 Å². The van der Waals surface area contributed by atoms with Gasteiger partial charge in [-0.3, -0.25) is 9.59 Å². The van der Waals surface area contributed by atoms with Gasteiger partial charge in [0, 0.05) is 19.5 Å². The van der Waals surface area contributed by atoms with Crippen molar-refractivity contribution in [2.75, 3.05) is 6.54 Å². The van der Waals surface area contributed by atoms with Crippen molar-refractivity contribution in [2.45, 2.75) is 52.1 Å². The highest BCUT2D eigenvalue weighted by molar-refractivity contribution is 5.88. The van der Waals surface area contributed by atoms with E-state index in [-0.39, 0.29) is 18.2 Å². The van der Waals surface area contributed by atoms with E-state index in [4.69, 9.17) is 0 Å². The maximum atomic E-state index is 13.6. The van der Waals surface area contributed by atoms with E-state index in [0.29, 0.717) is 19.5 Å². The lowest BCUT2D eigenvalue weighted by molar-refractivity contribution is -0.140. The molecule has 0 radical (unpaired) electrons. The van der Waals surface area contributed by atoms with Gasteiger partial charge in [-0.05, 0) is 30.0 Å². The predicted molar refractivity (Wildman–Crippen MR) is 134 cm³/mol. The second-order valence-electron chi connectivity index (χ2n) is 8.52. The van der Waals surface area contributed by atoms with Crippen LogP contribution in [0.15, 0.2) is 84.9 Å². The third kappa shape index (κ3) is 7.60. The van der Waals surface area contributed by atoms with E-state index in [1.54, 1.807) is 4.90 Å². The Bertz CT molecular complexity index is 1020. The molecule has 33 heavy (non-hydrogen) atoms. The van der Waals surface area contributed by atoms with Crippen LogP contribution in [0, 0.1) is 6.92 Å². The molecular formula is C29H34N2O2. The van der Waals surface area contributed by atoms with Gasteiger partial charge in [-0.1, -0.05) is 104 Å². The molecule has 0 spiro atoms. The SMILES string of the molecule is CCCCNC(=O)[C@H](Cc1ccccc1)N(Cc1cccc(C)c1)C(=O)Cc1ccccc1. The summed E-state index contributed by atoms with van der Waals surface area (Å²) >= 11 is 0. The van der Waals surface area contributed by atoms with Crippen molar-refractivity contribution >= 4 is 11.8 Å². The number of hydrogen-bond acceptors (Lipinski definition) is 2. The van der Waals surface area contributed by atoms with Crippen LogP contribution in [-0.2, 0) is 29.0 Å². The lowest BCUT2D eigenvalue weighted by Gasteiger charge is -2.32. The molecule has 1 atom stereocenters. The Morgan fingerprint density at radius 1 is 0.848 bits per heavy atom. The summed E-state index contributed by atoms with van der Waals surface area (Å²) in [7, 11) is 0. The zero-order valence-electron chi connectivity index (χ0n) is 19.7. The average Bonchev–Trinajstić information content (AvgIpc) is 2.82. The highest BCUT2D eigenvalue weighted by Gasteiger charge is 2.30. The van der Waals surface area contributed by atoms with Gasteiger partial charge >= 0.3 is 0 Å². The molecule has 0 saturated carbocycles. The summed E-state index contributed by atoms with van der Waals surface area (Å²) in [5, 5.41) is 3.07. The third-order valence-corrected chi connectivity index (χ3v) is 5.73. The van der Waals surface area contributed by atoms with Crippen molar-refractivity contribution in [3.8, 4) is 0 Å². The lowest BCUT2D eigenvalue weighted by atomic mass is 10.0. The average molecular weight is 443 g/mol. The fraction of sp³-hybridized carbons (Fsp3) is 0.310. The first-order valence-corrected chi connectivity index (χ1v) is 11.8. The van der Waals surface area contributed by atoms with Crippen LogP contribution in [0.2, 0.25) is 0 Å². The zero-order chi connectivity index (χ0) is 23.5. The van der Waals surface area contributed by atoms with Crippen molar-refractivity contribution in [3.05, 3.63) is 107 Å². The van der Waals surface area contributed by atoms with Crippen molar-refractivity contribution in [2.24, 2.45) is 0 Å². The Labute approximate surface area is 197 Å². The minimum Gasteiger partial charge on any atom is -0.354 e. The van der Waals surface area contributed by atoms with Crippen molar-refractivity contribution < 1.29 is 9.59 Å². The molecule has 3 rings (SSSR count). The normalized spacial score (nSPS) is 11.6. The standard InChI is InChI=1S/C29H34N2O2/c1-3-4-18-30-29(33)27(20-24-13-7-5-8-14-24)31(22-26-17-11-12-23(2)19-26)28(32)21-25-15-9-6-10-16-25/h5-17,19,27H,3-4,18,20-22H2,1-2H3,(H,30,33)/t27-/m0/s1. The molecule has 172 valence electrons. The van der Waals surface area contributed by atoms with Gasteiger partial charge < -0.3 is 10.2 Å². The van der Waals surface area contributed by atoms with Crippen LogP contribution >= 0.6 is 0 Å². The summed E-state index contributed by atoms with van der Waals surface area (Å²) in [4.78, 5) is 28.7. The molecule has 0 fully saturated rings. The van der Waals surface area contributed by atoms with Crippen molar-refractivity contribution in [1.82, 2.24) is 10.2 Å². The van der Waals surface area contributed by atoms with Gasteiger partial charge in [0.15, 0.2) is 0 Å². The van der Waals surface area contributed by atoms with Gasteiger partial charge in [-0.2, -0.15) is 0 Å². The quantitative estimate of drug-likeness (QED) is 0.420. The topological polar surface area (TPSA) is 49.4 Å². The molecule has 0 unspecified atom stereocenters. The molecule has 4 nitrogen and oxygen atoms in total. The molecule has 1 N–H and O–H groups in total. The van der Waals surface area contributed by atoms with Crippen LogP contribution < -0.4 is 5.32 Å². The van der Waals surface area contributed by atoms with Gasteiger partial charge in [-0.25, -0.2) is 0 Å². The summed E-state index contributed by atoms with van der Waals surface area (Å²) < 4.78 is 0. The number of hydrogen-bond donors (Lipinski definition) is 1. The molecule has 0 saturated heterocycles. The highest BCUT2D eigenvalue weighted by atomic mass is 16.2. The van der Waals surface area contributed by atoms with Crippen LogP contribution in [-0.4, -0.2) is 29.3 Å². The Balaban J connectivity index is 1.92. The van der Waals surface area contributed by atoms with Gasteiger partial charge in [0.25, 0.3) is 0 Å². The fourth-order valence-electron chi connectivity index (χ4n) is 3.94. The van der Waals surface area contributed by atoms with Crippen LogP contribution in [0.1, 0.15) is 42.0 Å². The van der Waals surface area contributed by atoms with Crippen LogP contribution in [0.5, 0.6) is 0 Å². The van der Waals surface area contributed by atoms with E-state index in [0.717, 1.165) is 35.1 Å². The summed E-state index contributed by atoms with van der Waals surface area (Å²) in [6.45, 7) is 5.15. The van der Waals surface area contributed by atoms with Crippen molar-refractivity contribution in [1.29, 1.82) is 0 Å². The summed E-state index contributed by atoms with van der Waals surface area (Å²) in [5.41, 5.74) is 4.14. The number of unbranched alkanes of at least 4 members (excludes halogenated alkanes) is 1. The maximum absolute atomic E-state index is 13.6. The number of amides is 2. The van der Waals surface area contributed by atoms with Gasteiger partial charge in [-0.15, -0.1) is 0 Å². The molecule has 3 aromatic rings. The molecule has 0 aromatic heterocycles. The number of carbonyl (C=O) groups is 2. The Kier molecular flexibility index (Phi) is 9.25. The molecule has 0 bridgehead atoms. The Morgan fingerprint density at radius 3 is 2.12 bits per heavy atom. The van der Waals surface area contributed by atoms with Crippen LogP contribution in [0.4, 0.5) is 0 Å². The largest absolute Gasteiger partial charge is 0.354 e. The van der Waals surface area contributed by atoms with E-state index in [1.807, 2.05) is 85.8 Å². The molecule has 2 amide bonds. The molecule has 0 aliphatic carbocycles. The number of carbonyl (C=O) groups excluding carboxylic acids is 2. The number of benzene rings is 3. The summed E-state index contributed by atoms with van der Waals surface area (Å²) in [5.74, 6) is -0.143. The number of nitrogens with one attached hydrogen (secondary N) is 1. The fourth-order valence-corrected chi connectivity index (χ4v) is 3.94. The molecule has 3 aromatic carbocycles. The predicted octanol–water partition coefficient (Wildman–Crippen LogP) is 5.09. The van der Waals surface area contributed by atoms with E-state index in [1.165, 1.54) is 0 Å². The monoisotopic (exact) mass is 442 g/mol. The second-order valence-corrected chi connectivity index (χ2v) is 8.52. The molecular weight excluding hydrogens is 408 g/mol. The minimum absolute atomic E-state index is 0.0470. The van der Waals surface area contributed by atoms with Gasteiger partial charge in [0.2, 0.25) is 11.8 Å². The Hall–Kier alpha value is -3.40. The van der Waals surface area contributed by atoms with Crippen LogP contribution in [0.3, 0.4) is 0 Å². The summed E-state index contributed by atoms with van der Waals surface area (Å²) in [6.07, 6.45) is 2.66. The zero-order valence-corrected chi connectivity index (χ0v) is 19.7. The number of rotatable bonds is 11. The lowest BCUT2D eigenvalue weighted by Crippen LogP contribution is -2.51. The minimum atomic E-state index is -0.582. The van der Waals surface area contributed by atoms with E-state index in [2.05, 4.69) is 18.3 Å². The van der Waals surface area contributed by atoms with Crippen molar-refractivity contribution in [3.63, 3.8) is 0 Å². The van der Waals surface area contributed by atoms with Gasteiger partial charge in [0.05, 0.1) is 6.42 Å². The molecule has 0 heterocycles. The third-order valence-electron chi connectivity index (χ3n) is 5.73. The van der Waals surface area contributed by atoms with Gasteiger partial charge in [0.1, 0.15) is 6.04 Å². The summed E-state index contributed by atoms with van der Waals surface area (Å²) in [6, 6.07) is 27.2. The smallest absolute Gasteiger partial charge is 0.243 e. The second kappa shape index (κ2) is 12.6. The first-order chi connectivity index (χ1) is 16.1.